The minimum atomic E-state index is 0.946. The van der Waals surface area contributed by atoms with Crippen LogP contribution in [0.15, 0.2) is 203 Å². The topological polar surface area (TPSA) is 24.7 Å². The smallest absolute Gasteiger partial charge is 0.0730 e. The van der Waals surface area contributed by atoms with Gasteiger partial charge in [0, 0.05) is 31.4 Å². The first-order chi connectivity index (χ1) is 24.3. The van der Waals surface area contributed by atoms with Crippen LogP contribution in [0, 0.1) is 0 Å². The molecule has 3 aliphatic rings. The highest BCUT2D eigenvalue weighted by molar-refractivity contribution is 7.08. The Bertz CT molecular complexity index is 2370. The van der Waals surface area contributed by atoms with Crippen molar-refractivity contribution in [2.45, 2.75) is 0 Å². The summed E-state index contributed by atoms with van der Waals surface area (Å²) in [5, 5.41) is 0. The highest BCUT2D eigenvalue weighted by atomic mass is 32.1. The second-order valence-corrected chi connectivity index (χ2v) is 13.2. The number of rotatable bonds is 4. The van der Waals surface area contributed by atoms with Crippen LogP contribution in [0.5, 0.6) is 0 Å². The van der Waals surface area contributed by atoms with E-state index >= 15 is 0 Å². The molecule has 0 spiro atoms. The molecular formula is C46H30N2S. The van der Waals surface area contributed by atoms with Gasteiger partial charge in [0.1, 0.15) is 0 Å². The maximum Gasteiger partial charge on any atom is 0.0730 e. The molecule has 5 aromatic carbocycles. The van der Waals surface area contributed by atoms with Crippen molar-refractivity contribution in [3.05, 3.63) is 236 Å². The fraction of sp³-hybridized carbons (Fsp3) is 0. The molecule has 3 heteroatoms. The maximum absolute atomic E-state index is 5.42. The van der Waals surface area contributed by atoms with Crippen LogP contribution in [0.2, 0.25) is 0 Å². The van der Waals surface area contributed by atoms with Gasteiger partial charge in [-0.2, -0.15) is 0 Å². The van der Waals surface area contributed by atoms with E-state index in [1.807, 2.05) is 0 Å². The number of nitrogens with zero attached hydrogens (tertiary/aromatic N) is 2. The minimum Gasteiger partial charge on any atom is -0.248 e. The summed E-state index contributed by atoms with van der Waals surface area (Å²) in [6, 6.07) is 55.8. The van der Waals surface area contributed by atoms with Gasteiger partial charge in [0.05, 0.1) is 22.8 Å². The average Bonchev–Trinajstić information content (AvgIpc) is 3.94. The van der Waals surface area contributed by atoms with Gasteiger partial charge in [0.2, 0.25) is 0 Å². The van der Waals surface area contributed by atoms with E-state index in [0.29, 0.717) is 0 Å². The molecule has 9 rings (SSSR count). The van der Waals surface area contributed by atoms with Crippen LogP contribution >= 0.6 is 11.3 Å². The van der Waals surface area contributed by atoms with E-state index in [4.69, 9.17) is 9.98 Å². The first-order valence-electron chi connectivity index (χ1n) is 16.5. The standard InChI is InChI=1S/C46H30N2S/c1-5-14-31(15-6-1)43-35-22-13-23-36(30-35)44(32-16-7-2-8-17-32)38-25-27-40(48-38)46(34-20-11-4-12-21-34)42-29-28-41(49-42)45(33-18-9-3-10-19-33)39-26-24-37(43)47-39/h1-30H. The zero-order valence-corrected chi connectivity index (χ0v) is 27.4. The molecule has 0 radical (unpaired) electrons. The fourth-order valence-corrected chi connectivity index (χ4v) is 8.05. The van der Waals surface area contributed by atoms with Gasteiger partial charge in [-0.1, -0.05) is 140 Å². The lowest BCUT2D eigenvalue weighted by molar-refractivity contribution is 1.39. The Balaban J connectivity index is 1.43. The molecule has 0 atom stereocenters. The zero-order valence-electron chi connectivity index (χ0n) is 26.6. The van der Waals surface area contributed by atoms with E-state index < -0.39 is 0 Å². The Kier molecular flexibility index (Phi) is 7.38. The molecule has 6 aromatic rings. The van der Waals surface area contributed by atoms with Gasteiger partial charge >= 0.3 is 0 Å². The maximum atomic E-state index is 5.42. The number of hydrogen-bond donors (Lipinski definition) is 0. The summed E-state index contributed by atoms with van der Waals surface area (Å²) in [5.74, 6) is 0. The van der Waals surface area contributed by atoms with Crippen molar-refractivity contribution in [1.29, 1.82) is 0 Å². The van der Waals surface area contributed by atoms with E-state index in [-0.39, 0.29) is 0 Å². The number of benzene rings is 5. The summed E-state index contributed by atoms with van der Waals surface area (Å²) >= 11 is 1.79. The summed E-state index contributed by atoms with van der Waals surface area (Å²) < 4.78 is 2.33. The molecule has 8 bridgehead atoms. The Morgan fingerprint density at radius 1 is 0.306 bits per heavy atom. The van der Waals surface area contributed by atoms with Crippen molar-refractivity contribution in [2.24, 2.45) is 9.98 Å². The monoisotopic (exact) mass is 642 g/mol. The average molecular weight is 643 g/mol. The lowest BCUT2D eigenvalue weighted by Gasteiger charge is -2.15. The van der Waals surface area contributed by atoms with Crippen LogP contribution in [0.25, 0.3) is 22.3 Å². The Morgan fingerprint density at radius 2 is 0.653 bits per heavy atom. The summed E-state index contributed by atoms with van der Waals surface area (Å²) in [5.41, 5.74) is 15.0. The van der Waals surface area contributed by atoms with Crippen molar-refractivity contribution in [3.8, 4) is 0 Å². The molecule has 2 nitrogen and oxygen atoms in total. The molecule has 0 saturated heterocycles. The van der Waals surface area contributed by atoms with Gasteiger partial charge in [-0.3, -0.25) is 0 Å². The van der Waals surface area contributed by atoms with Gasteiger partial charge in [-0.05, 0) is 75.9 Å². The predicted molar refractivity (Wildman–Crippen MR) is 206 cm³/mol. The van der Waals surface area contributed by atoms with Crippen molar-refractivity contribution >= 4 is 45.1 Å². The normalized spacial score (nSPS) is 15.2. The van der Waals surface area contributed by atoms with Crippen molar-refractivity contribution in [1.82, 2.24) is 0 Å². The Labute approximate surface area is 289 Å². The number of aliphatic imine (C=N–C) groups is 2. The molecule has 0 amide bonds. The molecule has 0 aliphatic carbocycles. The summed E-state index contributed by atoms with van der Waals surface area (Å²) in [4.78, 5) is 10.8. The quantitative estimate of drug-likeness (QED) is 0.183. The van der Waals surface area contributed by atoms with Crippen LogP contribution in [0.1, 0.15) is 33.4 Å². The van der Waals surface area contributed by atoms with Crippen molar-refractivity contribution < 1.29 is 0 Å². The molecule has 49 heavy (non-hydrogen) atoms. The predicted octanol–water partition coefficient (Wildman–Crippen LogP) is 9.40. The SMILES string of the molecule is C1=CC2=C(c3ccccc3)c3cccc(c3)C(c3ccccc3)=C3C=CC(=N3)C(c3ccccc3)=c3ccc(s3)=C(c3ccccc3)C1=N2. The van der Waals surface area contributed by atoms with Gasteiger partial charge in [-0.25, -0.2) is 9.98 Å². The number of fused-ring (bicyclic) bond motifs is 6. The summed E-state index contributed by atoms with van der Waals surface area (Å²) in [6.45, 7) is 0. The van der Waals surface area contributed by atoms with Gasteiger partial charge in [0.25, 0.3) is 0 Å². The molecule has 4 heterocycles. The van der Waals surface area contributed by atoms with E-state index in [0.717, 1.165) is 87.6 Å². The second-order valence-electron chi connectivity index (χ2n) is 12.1. The Hall–Kier alpha value is -6.16. The molecular weight excluding hydrogens is 613 g/mol. The lowest BCUT2D eigenvalue weighted by atomic mass is 9.90. The van der Waals surface area contributed by atoms with Gasteiger partial charge < -0.3 is 0 Å². The third-order valence-corrected chi connectivity index (χ3v) is 10.2. The molecule has 0 N–H and O–H groups in total. The second kappa shape index (κ2) is 12.5. The number of thiophene rings is 1. The van der Waals surface area contributed by atoms with Crippen molar-refractivity contribution in [2.75, 3.05) is 0 Å². The third-order valence-electron chi connectivity index (χ3n) is 9.09. The minimum absolute atomic E-state index is 0.946. The molecule has 1 aromatic heterocycles. The lowest BCUT2D eigenvalue weighted by Crippen LogP contribution is -2.12. The van der Waals surface area contributed by atoms with Gasteiger partial charge in [-0.15, -0.1) is 11.3 Å². The van der Waals surface area contributed by atoms with Crippen molar-refractivity contribution in [3.63, 3.8) is 0 Å². The van der Waals surface area contributed by atoms with Gasteiger partial charge in [0.15, 0.2) is 0 Å². The largest absolute Gasteiger partial charge is 0.248 e. The third kappa shape index (κ3) is 5.41. The highest BCUT2D eigenvalue weighted by Crippen LogP contribution is 2.37. The number of allylic oxidation sites excluding steroid dienone is 4. The van der Waals surface area contributed by atoms with Crippen LogP contribution in [0.3, 0.4) is 0 Å². The van der Waals surface area contributed by atoms with E-state index in [1.54, 1.807) is 11.3 Å². The fourth-order valence-electron chi connectivity index (χ4n) is 6.89. The van der Waals surface area contributed by atoms with Crippen LogP contribution in [-0.4, -0.2) is 11.4 Å². The highest BCUT2D eigenvalue weighted by Gasteiger charge is 2.22. The summed E-state index contributed by atoms with van der Waals surface area (Å²) in [7, 11) is 0. The molecule has 0 unspecified atom stereocenters. The van der Waals surface area contributed by atoms with Crippen LogP contribution < -0.4 is 9.06 Å². The molecule has 3 aliphatic heterocycles. The van der Waals surface area contributed by atoms with Crippen LogP contribution in [-0.2, 0) is 0 Å². The number of hydrogen-bond acceptors (Lipinski definition) is 3. The van der Waals surface area contributed by atoms with E-state index in [2.05, 4.69) is 182 Å². The zero-order chi connectivity index (χ0) is 32.6. The van der Waals surface area contributed by atoms with Crippen LogP contribution in [0.4, 0.5) is 0 Å². The first kappa shape index (κ1) is 29.0. The molecule has 0 saturated carbocycles. The van der Waals surface area contributed by atoms with E-state index in [9.17, 15) is 0 Å². The summed E-state index contributed by atoms with van der Waals surface area (Å²) in [6.07, 6.45) is 8.70. The Morgan fingerprint density at radius 3 is 1.04 bits per heavy atom. The molecule has 230 valence electrons. The van der Waals surface area contributed by atoms with E-state index in [1.165, 1.54) is 0 Å². The molecule has 0 fully saturated rings. The first-order valence-corrected chi connectivity index (χ1v) is 17.3.